The van der Waals surface area contributed by atoms with Crippen LogP contribution in [0, 0.1) is 5.82 Å². The first-order valence-electron chi connectivity index (χ1n) is 11.8. The van der Waals surface area contributed by atoms with Crippen LogP contribution in [-0.4, -0.2) is 60.8 Å². The summed E-state index contributed by atoms with van der Waals surface area (Å²) in [6.07, 6.45) is 0.561. The van der Waals surface area contributed by atoms with Gasteiger partial charge in [0.25, 0.3) is 0 Å². The fourth-order valence-electron chi connectivity index (χ4n) is 3.90. The van der Waals surface area contributed by atoms with Crippen LogP contribution < -0.4 is 10.6 Å². The lowest BCUT2D eigenvalue weighted by molar-refractivity contribution is -0.116. The summed E-state index contributed by atoms with van der Waals surface area (Å²) in [5.41, 5.74) is 2.06. The number of benzene rings is 1. The Hall–Kier alpha value is -2.60. The minimum atomic E-state index is -0.579. The van der Waals surface area contributed by atoms with E-state index in [0.717, 1.165) is 25.7 Å². The fourth-order valence-corrected chi connectivity index (χ4v) is 6.31. The van der Waals surface area contributed by atoms with Gasteiger partial charge in [-0.05, 0) is 51.0 Å². The second-order valence-electron chi connectivity index (χ2n) is 9.53. The molecule has 0 radical (unpaired) electrons. The zero-order chi connectivity index (χ0) is 25.9. The van der Waals surface area contributed by atoms with Gasteiger partial charge in [0.05, 0.1) is 23.4 Å². The Morgan fingerprint density at radius 2 is 2.03 bits per heavy atom. The molecule has 1 aliphatic heterocycles. The third-order valence-electron chi connectivity index (χ3n) is 5.54. The largest absolute Gasteiger partial charge is 0.444 e. The topological polar surface area (TPSA) is 92.8 Å². The van der Waals surface area contributed by atoms with Crippen molar-refractivity contribution in [2.45, 2.75) is 45.8 Å². The lowest BCUT2D eigenvalue weighted by Gasteiger charge is -2.30. The molecule has 1 aromatic carbocycles. The van der Waals surface area contributed by atoms with Gasteiger partial charge in [-0.15, -0.1) is 22.7 Å². The molecule has 2 amide bonds. The van der Waals surface area contributed by atoms with E-state index in [0.29, 0.717) is 56.1 Å². The van der Waals surface area contributed by atoms with Crippen LogP contribution in [-0.2, 0) is 27.2 Å². The first-order chi connectivity index (χ1) is 17.1. The summed E-state index contributed by atoms with van der Waals surface area (Å²) in [7, 11) is 1.63. The van der Waals surface area contributed by atoms with Crippen molar-refractivity contribution >= 4 is 49.9 Å². The minimum absolute atomic E-state index is 0.115. The summed E-state index contributed by atoms with van der Waals surface area (Å²) >= 11 is 2.85. The van der Waals surface area contributed by atoms with Crippen LogP contribution in [0.15, 0.2) is 18.2 Å². The number of fused-ring (bicyclic) bond motifs is 2. The standard InChI is InChI=1S/C25H31FN4O4S2/c1-25(2,3)34-24(32)30-11-8-16-19(14-30)36-23(29-20(31)7-9-27-10-12-33-4)21(16)22-28-17-6-5-15(26)13-18(17)35-22/h5-6,13,27H,7-12,14H2,1-4H3,(H,29,31). The number of ether oxygens (including phenoxy) is 2. The maximum atomic E-state index is 13.8. The van der Waals surface area contributed by atoms with Gasteiger partial charge in [0.15, 0.2) is 0 Å². The van der Waals surface area contributed by atoms with Gasteiger partial charge in [0, 0.05) is 43.6 Å². The van der Waals surface area contributed by atoms with Crippen molar-refractivity contribution in [3.05, 3.63) is 34.5 Å². The van der Waals surface area contributed by atoms with Gasteiger partial charge in [-0.25, -0.2) is 14.2 Å². The summed E-state index contributed by atoms with van der Waals surface area (Å²) in [5, 5.41) is 7.66. The van der Waals surface area contributed by atoms with Crippen LogP contribution in [0.5, 0.6) is 0 Å². The van der Waals surface area contributed by atoms with Crippen molar-refractivity contribution in [1.82, 2.24) is 15.2 Å². The number of anilines is 1. The Morgan fingerprint density at radius 3 is 2.78 bits per heavy atom. The lowest BCUT2D eigenvalue weighted by atomic mass is 10.0. The molecule has 0 saturated carbocycles. The molecule has 2 aromatic heterocycles. The number of thiazole rings is 1. The monoisotopic (exact) mass is 534 g/mol. The van der Waals surface area contributed by atoms with E-state index in [-0.39, 0.29) is 17.8 Å². The Bertz CT molecular complexity index is 1250. The zero-order valence-corrected chi connectivity index (χ0v) is 22.5. The zero-order valence-electron chi connectivity index (χ0n) is 20.9. The van der Waals surface area contributed by atoms with Crippen LogP contribution in [0.2, 0.25) is 0 Å². The van der Waals surface area contributed by atoms with Crippen molar-refractivity contribution in [2.24, 2.45) is 0 Å². The molecule has 4 rings (SSSR count). The number of halogens is 1. The Kier molecular flexibility index (Phi) is 8.23. The fraction of sp³-hybridized carbons (Fsp3) is 0.480. The number of aromatic nitrogens is 1. The Morgan fingerprint density at radius 1 is 1.22 bits per heavy atom. The molecule has 0 saturated heterocycles. The molecular formula is C25H31FN4O4S2. The maximum absolute atomic E-state index is 13.8. The van der Waals surface area contributed by atoms with E-state index in [1.165, 1.54) is 34.8 Å². The predicted molar refractivity (Wildman–Crippen MR) is 141 cm³/mol. The van der Waals surface area contributed by atoms with E-state index < -0.39 is 5.60 Å². The third kappa shape index (κ3) is 6.39. The van der Waals surface area contributed by atoms with E-state index in [1.54, 1.807) is 18.1 Å². The Balaban J connectivity index is 1.61. The highest BCUT2D eigenvalue weighted by Crippen LogP contribution is 2.46. The molecule has 2 N–H and O–H groups in total. The molecule has 3 aromatic rings. The molecule has 3 heterocycles. The average Bonchev–Trinajstić information content (AvgIpc) is 3.37. The summed E-state index contributed by atoms with van der Waals surface area (Å²) < 4.78 is 25.1. The highest BCUT2D eigenvalue weighted by atomic mass is 32.1. The first kappa shape index (κ1) is 26.5. The quantitative estimate of drug-likeness (QED) is 0.394. The number of nitrogens with one attached hydrogen (secondary N) is 2. The molecule has 0 aliphatic carbocycles. The number of methoxy groups -OCH3 is 1. The van der Waals surface area contributed by atoms with Gasteiger partial charge in [-0.2, -0.15) is 0 Å². The Labute approximate surface area is 217 Å². The molecular weight excluding hydrogens is 503 g/mol. The highest BCUT2D eigenvalue weighted by molar-refractivity contribution is 7.23. The van der Waals surface area contributed by atoms with Crippen molar-refractivity contribution in [3.63, 3.8) is 0 Å². The van der Waals surface area contributed by atoms with Crippen LogP contribution in [0.25, 0.3) is 20.8 Å². The van der Waals surface area contributed by atoms with Crippen molar-refractivity contribution in [3.8, 4) is 10.6 Å². The van der Waals surface area contributed by atoms with Crippen LogP contribution in [0.4, 0.5) is 14.2 Å². The van der Waals surface area contributed by atoms with Crippen molar-refractivity contribution in [1.29, 1.82) is 0 Å². The normalized spacial score (nSPS) is 13.6. The van der Waals surface area contributed by atoms with Crippen LogP contribution in [0.3, 0.4) is 0 Å². The first-order valence-corrected chi connectivity index (χ1v) is 13.5. The molecule has 1 aliphatic rings. The minimum Gasteiger partial charge on any atom is -0.444 e. The molecule has 194 valence electrons. The van der Waals surface area contributed by atoms with Gasteiger partial charge in [0.1, 0.15) is 21.4 Å². The van der Waals surface area contributed by atoms with Gasteiger partial charge in [-0.3, -0.25) is 4.79 Å². The number of carbonyl (C=O) groups is 2. The van der Waals surface area contributed by atoms with E-state index in [2.05, 4.69) is 10.6 Å². The lowest BCUT2D eigenvalue weighted by Crippen LogP contribution is -2.39. The summed E-state index contributed by atoms with van der Waals surface area (Å²) in [6.45, 7) is 8.22. The van der Waals surface area contributed by atoms with Gasteiger partial charge >= 0.3 is 6.09 Å². The van der Waals surface area contributed by atoms with Crippen LogP contribution in [0.1, 0.15) is 37.6 Å². The average molecular weight is 535 g/mol. The molecule has 36 heavy (non-hydrogen) atoms. The predicted octanol–water partition coefficient (Wildman–Crippen LogP) is 5.02. The number of carbonyl (C=O) groups excluding carboxylic acids is 2. The third-order valence-corrected chi connectivity index (χ3v) is 7.71. The number of hydrogen-bond acceptors (Lipinski definition) is 8. The highest BCUT2D eigenvalue weighted by Gasteiger charge is 2.31. The van der Waals surface area contributed by atoms with Crippen LogP contribution >= 0.6 is 22.7 Å². The van der Waals surface area contributed by atoms with Crippen molar-refractivity contribution < 1.29 is 23.5 Å². The van der Waals surface area contributed by atoms with E-state index >= 15 is 0 Å². The van der Waals surface area contributed by atoms with Gasteiger partial charge in [-0.1, -0.05) is 0 Å². The maximum Gasteiger partial charge on any atom is 0.410 e. The molecule has 0 fully saturated rings. The second kappa shape index (κ2) is 11.2. The molecule has 11 heteroatoms. The van der Waals surface area contributed by atoms with Crippen molar-refractivity contribution in [2.75, 3.05) is 38.7 Å². The summed E-state index contributed by atoms with van der Waals surface area (Å²) in [5.74, 6) is -0.427. The van der Waals surface area contributed by atoms with E-state index in [1.807, 2.05) is 20.8 Å². The summed E-state index contributed by atoms with van der Waals surface area (Å²) in [4.78, 5) is 32.9. The SMILES string of the molecule is COCCNCCC(=O)Nc1sc2c(c1-c1nc3ccc(F)cc3s1)CCN(C(=O)OC(C)(C)C)C2. The van der Waals surface area contributed by atoms with Gasteiger partial charge in [0.2, 0.25) is 5.91 Å². The molecule has 8 nitrogen and oxygen atoms in total. The molecule has 0 unspecified atom stereocenters. The second-order valence-corrected chi connectivity index (χ2v) is 11.7. The number of amides is 2. The molecule has 0 bridgehead atoms. The molecule has 0 spiro atoms. The number of rotatable bonds is 8. The summed E-state index contributed by atoms with van der Waals surface area (Å²) in [6, 6.07) is 4.54. The van der Waals surface area contributed by atoms with Gasteiger partial charge < -0.3 is 25.0 Å². The smallest absolute Gasteiger partial charge is 0.410 e. The number of hydrogen-bond donors (Lipinski definition) is 2. The molecule has 0 atom stereocenters. The number of thiophene rings is 1. The van der Waals surface area contributed by atoms with E-state index in [4.69, 9.17) is 14.5 Å². The van der Waals surface area contributed by atoms with E-state index in [9.17, 15) is 14.0 Å². The number of nitrogens with zero attached hydrogens (tertiary/aromatic N) is 2.